The van der Waals surface area contributed by atoms with Crippen LogP contribution in [0.15, 0.2) is 48.7 Å². The topological polar surface area (TPSA) is 45.6 Å². The molecule has 1 aromatic carbocycles. The monoisotopic (exact) mass is 449 g/mol. The lowest BCUT2D eigenvalue weighted by molar-refractivity contribution is -0.144. The van der Waals surface area contributed by atoms with Gasteiger partial charge in [-0.15, -0.1) is 0 Å². The van der Waals surface area contributed by atoms with Gasteiger partial charge in [-0.2, -0.15) is 0 Å². The van der Waals surface area contributed by atoms with Gasteiger partial charge in [0.1, 0.15) is 6.54 Å². The van der Waals surface area contributed by atoms with Crippen LogP contribution in [0.4, 0.5) is 0 Å². The minimum atomic E-state index is 0.0218. The zero-order valence-electron chi connectivity index (χ0n) is 20.5. The van der Waals surface area contributed by atoms with Gasteiger partial charge in [0.2, 0.25) is 11.8 Å². The Bertz CT molecular complexity index is 930. The molecule has 1 aromatic heterocycles. The summed E-state index contributed by atoms with van der Waals surface area (Å²) in [6, 6.07) is 14.6. The molecule has 1 heterocycles. The normalized spacial score (nSPS) is 20.6. The van der Waals surface area contributed by atoms with Crippen molar-refractivity contribution in [2.45, 2.75) is 70.9 Å². The lowest BCUT2D eigenvalue weighted by Crippen LogP contribution is -2.49. The van der Waals surface area contributed by atoms with E-state index in [9.17, 15) is 9.59 Å². The number of amides is 2. The summed E-state index contributed by atoms with van der Waals surface area (Å²) >= 11 is 0. The summed E-state index contributed by atoms with van der Waals surface area (Å²) in [6.45, 7) is 5.78. The predicted molar refractivity (Wildman–Crippen MR) is 132 cm³/mol. The van der Waals surface area contributed by atoms with Crippen LogP contribution in [0.25, 0.3) is 0 Å². The Morgan fingerprint density at radius 2 is 1.76 bits per heavy atom. The third-order valence-electron chi connectivity index (χ3n) is 7.28. The van der Waals surface area contributed by atoms with Crippen LogP contribution < -0.4 is 0 Å². The van der Waals surface area contributed by atoms with Crippen molar-refractivity contribution in [1.29, 1.82) is 0 Å². The fourth-order valence-electron chi connectivity index (χ4n) is 5.33. The molecule has 5 nitrogen and oxygen atoms in total. The van der Waals surface area contributed by atoms with Gasteiger partial charge in [0, 0.05) is 37.4 Å². The fourth-order valence-corrected chi connectivity index (χ4v) is 5.33. The minimum Gasteiger partial charge on any atom is -0.353 e. The van der Waals surface area contributed by atoms with Gasteiger partial charge in [0.15, 0.2) is 0 Å². The molecule has 2 aliphatic rings. The average Bonchev–Trinajstić information content (AvgIpc) is 3.53. The van der Waals surface area contributed by atoms with Gasteiger partial charge in [-0.05, 0) is 48.8 Å². The van der Waals surface area contributed by atoms with E-state index in [2.05, 4.69) is 36.6 Å². The Labute approximate surface area is 198 Å². The first kappa shape index (κ1) is 23.6. The molecule has 0 N–H and O–H groups in total. The molecule has 0 saturated heterocycles. The molecule has 0 bridgehead atoms. The summed E-state index contributed by atoms with van der Waals surface area (Å²) in [5.74, 6) is 0.954. The summed E-state index contributed by atoms with van der Waals surface area (Å²) in [5, 5.41) is 0. The van der Waals surface area contributed by atoms with Gasteiger partial charge in [-0.3, -0.25) is 9.59 Å². The van der Waals surface area contributed by atoms with Gasteiger partial charge in [-0.25, -0.2) is 0 Å². The summed E-state index contributed by atoms with van der Waals surface area (Å²) in [6.07, 6.45) is 8.48. The van der Waals surface area contributed by atoms with Crippen LogP contribution in [0.5, 0.6) is 0 Å². The number of carbonyl (C=O) groups is 2. The summed E-state index contributed by atoms with van der Waals surface area (Å²) in [4.78, 5) is 31.2. The standard InChI is InChI=1S/C28H39N3O2/c1-21(2)18-30(19-24-15-10-16-29(24)3)27(32)20-31(23-13-8-5-9-14-23)28(33)26-17-25(26)22-11-6-4-7-12-22/h4,6-7,10-12,15-16,21,23,25-26H,5,8-9,13-14,17-20H2,1-3H3. The molecule has 178 valence electrons. The van der Waals surface area contributed by atoms with Crippen LogP contribution in [0.2, 0.25) is 0 Å². The molecule has 2 unspecified atom stereocenters. The summed E-state index contributed by atoms with van der Waals surface area (Å²) in [7, 11) is 2.02. The number of carbonyl (C=O) groups excluding carboxylic acids is 2. The van der Waals surface area contributed by atoms with Crippen molar-refractivity contribution in [3.05, 3.63) is 59.9 Å². The minimum absolute atomic E-state index is 0.0218. The number of aryl methyl sites for hydroxylation is 1. The second-order valence-electron chi connectivity index (χ2n) is 10.4. The van der Waals surface area contributed by atoms with Crippen molar-refractivity contribution in [1.82, 2.24) is 14.4 Å². The molecule has 2 atom stereocenters. The molecule has 2 aliphatic carbocycles. The van der Waals surface area contributed by atoms with Gasteiger partial charge in [-0.1, -0.05) is 63.4 Å². The lowest BCUT2D eigenvalue weighted by Gasteiger charge is -2.36. The van der Waals surface area contributed by atoms with Crippen molar-refractivity contribution in [2.24, 2.45) is 18.9 Å². The smallest absolute Gasteiger partial charge is 0.242 e. The van der Waals surface area contributed by atoms with Crippen molar-refractivity contribution in [3.8, 4) is 0 Å². The van der Waals surface area contributed by atoms with Crippen LogP contribution in [-0.2, 0) is 23.2 Å². The van der Waals surface area contributed by atoms with E-state index in [0.29, 0.717) is 24.9 Å². The molecule has 2 aromatic rings. The number of rotatable bonds is 9. The highest BCUT2D eigenvalue weighted by atomic mass is 16.2. The molecule has 2 amide bonds. The quantitative estimate of drug-likeness (QED) is 0.542. The first-order valence-electron chi connectivity index (χ1n) is 12.7. The van der Waals surface area contributed by atoms with E-state index in [1.807, 2.05) is 47.3 Å². The van der Waals surface area contributed by atoms with E-state index >= 15 is 0 Å². The number of aromatic nitrogens is 1. The second kappa shape index (κ2) is 10.6. The van der Waals surface area contributed by atoms with E-state index in [1.54, 1.807) is 0 Å². The van der Waals surface area contributed by atoms with Crippen molar-refractivity contribution < 1.29 is 9.59 Å². The molecular formula is C28H39N3O2. The van der Waals surface area contributed by atoms with Gasteiger partial charge < -0.3 is 14.4 Å². The zero-order valence-corrected chi connectivity index (χ0v) is 20.5. The maximum Gasteiger partial charge on any atom is 0.242 e. The fraction of sp³-hybridized carbons (Fsp3) is 0.571. The van der Waals surface area contributed by atoms with Crippen LogP contribution in [0.1, 0.15) is 69.5 Å². The van der Waals surface area contributed by atoms with Gasteiger partial charge >= 0.3 is 0 Å². The van der Waals surface area contributed by atoms with Crippen LogP contribution in [-0.4, -0.2) is 45.3 Å². The Morgan fingerprint density at radius 1 is 1.03 bits per heavy atom. The van der Waals surface area contributed by atoms with Crippen molar-refractivity contribution in [3.63, 3.8) is 0 Å². The average molecular weight is 450 g/mol. The highest BCUT2D eigenvalue weighted by molar-refractivity contribution is 5.88. The number of hydrogen-bond donors (Lipinski definition) is 0. The zero-order chi connectivity index (χ0) is 23.4. The van der Waals surface area contributed by atoms with E-state index in [4.69, 9.17) is 0 Å². The van der Waals surface area contributed by atoms with E-state index in [0.717, 1.165) is 37.8 Å². The third kappa shape index (κ3) is 5.87. The SMILES string of the molecule is CC(C)CN(Cc1cccn1C)C(=O)CN(C(=O)C1CC1c1ccccc1)C1CCCCC1. The number of nitrogens with zero attached hydrogens (tertiary/aromatic N) is 3. The van der Waals surface area contributed by atoms with Gasteiger partial charge in [0.25, 0.3) is 0 Å². The number of benzene rings is 1. The molecule has 2 saturated carbocycles. The molecule has 2 fully saturated rings. The molecular weight excluding hydrogens is 410 g/mol. The maximum absolute atomic E-state index is 13.7. The molecule has 4 rings (SSSR count). The summed E-state index contributed by atoms with van der Waals surface area (Å²) < 4.78 is 2.07. The van der Waals surface area contributed by atoms with E-state index in [1.165, 1.54) is 12.0 Å². The van der Waals surface area contributed by atoms with E-state index in [-0.39, 0.29) is 30.3 Å². The highest BCUT2D eigenvalue weighted by Gasteiger charge is 2.47. The highest BCUT2D eigenvalue weighted by Crippen LogP contribution is 2.49. The summed E-state index contributed by atoms with van der Waals surface area (Å²) in [5.41, 5.74) is 2.36. The van der Waals surface area contributed by atoms with Crippen molar-refractivity contribution in [2.75, 3.05) is 13.1 Å². The molecule has 0 spiro atoms. The Balaban J connectivity index is 1.49. The maximum atomic E-state index is 13.7. The first-order valence-corrected chi connectivity index (χ1v) is 12.7. The van der Waals surface area contributed by atoms with Crippen LogP contribution >= 0.6 is 0 Å². The second-order valence-corrected chi connectivity index (χ2v) is 10.4. The number of hydrogen-bond acceptors (Lipinski definition) is 2. The predicted octanol–water partition coefficient (Wildman–Crippen LogP) is 4.97. The first-order chi connectivity index (χ1) is 15.9. The van der Waals surface area contributed by atoms with Crippen molar-refractivity contribution >= 4 is 11.8 Å². The van der Waals surface area contributed by atoms with Crippen LogP contribution in [0.3, 0.4) is 0 Å². The van der Waals surface area contributed by atoms with Crippen LogP contribution in [0, 0.1) is 11.8 Å². The largest absolute Gasteiger partial charge is 0.353 e. The van der Waals surface area contributed by atoms with E-state index < -0.39 is 0 Å². The Hall–Kier alpha value is -2.56. The molecule has 5 heteroatoms. The molecule has 33 heavy (non-hydrogen) atoms. The Kier molecular flexibility index (Phi) is 7.56. The lowest BCUT2D eigenvalue weighted by atomic mass is 9.93. The Morgan fingerprint density at radius 3 is 2.39 bits per heavy atom. The molecule has 0 aliphatic heterocycles. The molecule has 0 radical (unpaired) electrons. The van der Waals surface area contributed by atoms with Gasteiger partial charge in [0.05, 0.1) is 6.54 Å². The third-order valence-corrected chi connectivity index (χ3v) is 7.28.